The SMILES string of the molecule is Cc1cc(C)c2c(c1)OS(=O)(=O)CC2. The molecule has 1 heterocycles. The van der Waals surface area contributed by atoms with E-state index in [4.69, 9.17) is 4.18 Å². The van der Waals surface area contributed by atoms with E-state index in [0.717, 1.165) is 16.7 Å². The van der Waals surface area contributed by atoms with Crippen molar-refractivity contribution in [1.29, 1.82) is 0 Å². The minimum atomic E-state index is -3.33. The van der Waals surface area contributed by atoms with Crippen molar-refractivity contribution >= 4 is 10.1 Å². The lowest BCUT2D eigenvalue weighted by atomic mass is 10.0. The summed E-state index contributed by atoms with van der Waals surface area (Å²) in [5, 5.41) is 0. The Kier molecular flexibility index (Phi) is 2.03. The molecule has 0 bridgehead atoms. The Morgan fingerprint density at radius 1 is 1.29 bits per heavy atom. The fraction of sp³-hybridized carbons (Fsp3) is 0.400. The summed E-state index contributed by atoms with van der Waals surface area (Å²) < 4.78 is 27.4. The zero-order valence-corrected chi connectivity index (χ0v) is 9.02. The van der Waals surface area contributed by atoms with E-state index in [1.54, 1.807) is 6.07 Å². The van der Waals surface area contributed by atoms with Crippen LogP contribution in [0.25, 0.3) is 0 Å². The van der Waals surface area contributed by atoms with Gasteiger partial charge in [-0.25, -0.2) is 0 Å². The lowest BCUT2D eigenvalue weighted by Gasteiger charge is -2.19. The van der Waals surface area contributed by atoms with Gasteiger partial charge in [0.15, 0.2) is 0 Å². The van der Waals surface area contributed by atoms with Gasteiger partial charge in [0, 0.05) is 0 Å². The number of hydrogen-bond donors (Lipinski definition) is 0. The molecule has 0 fully saturated rings. The van der Waals surface area contributed by atoms with Gasteiger partial charge in [-0.2, -0.15) is 8.42 Å². The van der Waals surface area contributed by atoms with Crippen molar-refractivity contribution in [1.82, 2.24) is 0 Å². The molecule has 0 saturated heterocycles. The standard InChI is InChI=1S/C10H12O3S/c1-7-5-8(2)9-3-4-14(11,12)13-10(9)6-7/h5-6H,3-4H2,1-2H3. The Balaban J connectivity index is 2.58. The molecule has 76 valence electrons. The average Bonchev–Trinajstić information content (AvgIpc) is 2.00. The third-order valence-electron chi connectivity index (χ3n) is 2.40. The van der Waals surface area contributed by atoms with Gasteiger partial charge in [-0.3, -0.25) is 0 Å². The van der Waals surface area contributed by atoms with Crippen LogP contribution in [-0.2, 0) is 16.5 Å². The van der Waals surface area contributed by atoms with E-state index in [1.807, 2.05) is 19.9 Å². The first-order valence-electron chi connectivity index (χ1n) is 4.50. The van der Waals surface area contributed by atoms with E-state index in [9.17, 15) is 8.42 Å². The molecular weight excluding hydrogens is 200 g/mol. The van der Waals surface area contributed by atoms with Gasteiger partial charge in [0.1, 0.15) is 5.75 Å². The maximum absolute atomic E-state index is 11.2. The number of benzene rings is 1. The molecular formula is C10H12O3S. The first-order valence-corrected chi connectivity index (χ1v) is 6.08. The van der Waals surface area contributed by atoms with E-state index in [-0.39, 0.29) is 5.75 Å². The van der Waals surface area contributed by atoms with Gasteiger partial charge in [-0.05, 0) is 43.0 Å². The van der Waals surface area contributed by atoms with Crippen LogP contribution in [0.5, 0.6) is 5.75 Å². The molecule has 2 rings (SSSR count). The summed E-state index contributed by atoms with van der Waals surface area (Å²) in [7, 11) is -3.33. The van der Waals surface area contributed by atoms with E-state index in [0.29, 0.717) is 12.2 Å². The average molecular weight is 212 g/mol. The van der Waals surface area contributed by atoms with Crippen molar-refractivity contribution in [3.63, 3.8) is 0 Å². The Morgan fingerprint density at radius 2 is 2.00 bits per heavy atom. The molecule has 3 nitrogen and oxygen atoms in total. The Morgan fingerprint density at radius 3 is 2.71 bits per heavy atom. The van der Waals surface area contributed by atoms with Crippen LogP contribution < -0.4 is 4.18 Å². The topological polar surface area (TPSA) is 43.4 Å². The molecule has 14 heavy (non-hydrogen) atoms. The van der Waals surface area contributed by atoms with E-state index >= 15 is 0 Å². The smallest absolute Gasteiger partial charge is 0.309 e. The second-order valence-corrected chi connectivity index (χ2v) is 5.34. The van der Waals surface area contributed by atoms with Crippen molar-refractivity contribution in [3.8, 4) is 5.75 Å². The van der Waals surface area contributed by atoms with Gasteiger partial charge in [0.05, 0.1) is 5.75 Å². The maximum atomic E-state index is 11.2. The number of aryl methyl sites for hydroxylation is 2. The highest BCUT2D eigenvalue weighted by molar-refractivity contribution is 7.87. The maximum Gasteiger partial charge on any atom is 0.309 e. The molecule has 0 radical (unpaired) electrons. The molecule has 1 aromatic rings. The van der Waals surface area contributed by atoms with Crippen LogP contribution in [0.15, 0.2) is 12.1 Å². The predicted molar refractivity (Wildman–Crippen MR) is 54.0 cm³/mol. The highest BCUT2D eigenvalue weighted by Gasteiger charge is 2.23. The van der Waals surface area contributed by atoms with Crippen LogP contribution in [-0.4, -0.2) is 14.2 Å². The zero-order chi connectivity index (χ0) is 10.3. The first-order chi connectivity index (χ1) is 6.48. The van der Waals surface area contributed by atoms with E-state index in [2.05, 4.69) is 0 Å². The predicted octanol–water partition coefficient (Wildman–Crippen LogP) is 1.57. The first kappa shape index (κ1) is 9.52. The summed E-state index contributed by atoms with van der Waals surface area (Å²) in [4.78, 5) is 0. The number of rotatable bonds is 0. The van der Waals surface area contributed by atoms with Crippen molar-refractivity contribution < 1.29 is 12.6 Å². The normalized spacial score (nSPS) is 18.4. The quantitative estimate of drug-likeness (QED) is 0.613. The number of fused-ring (bicyclic) bond motifs is 1. The summed E-state index contributed by atoms with van der Waals surface area (Å²) in [6, 6.07) is 3.82. The Hall–Kier alpha value is -1.03. The van der Waals surface area contributed by atoms with Crippen LogP contribution in [0, 0.1) is 13.8 Å². The fourth-order valence-corrected chi connectivity index (χ4v) is 2.72. The molecule has 0 unspecified atom stereocenters. The van der Waals surface area contributed by atoms with Crippen LogP contribution in [0.2, 0.25) is 0 Å². The molecule has 0 aliphatic carbocycles. The number of hydrogen-bond acceptors (Lipinski definition) is 3. The van der Waals surface area contributed by atoms with Crippen LogP contribution in [0.3, 0.4) is 0 Å². The second-order valence-electron chi connectivity index (χ2n) is 3.65. The van der Waals surface area contributed by atoms with Crippen LogP contribution >= 0.6 is 0 Å². The van der Waals surface area contributed by atoms with Gasteiger partial charge in [0.25, 0.3) is 0 Å². The van der Waals surface area contributed by atoms with Crippen LogP contribution in [0.1, 0.15) is 16.7 Å². The summed E-state index contributed by atoms with van der Waals surface area (Å²) in [5.74, 6) is 0.595. The van der Waals surface area contributed by atoms with E-state index in [1.165, 1.54) is 0 Å². The Labute approximate surface area is 83.8 Å². The molecule has 1 aliphatic rings. The summed E-state index contributed by atoms with van der Waals surface area (Å²) >= 11 is 0. The summed E-state index contributed by atoms with van der Waals surface area (Å²) in [6.07, 6.45) is 0.559. The van der Waals surface area contributed by atoms with Gasteiger partial charge < -0.3 is 4.18 Å². The third-order valence-corrected chi connectivity index (χ3v) is 3.53. The highest BCUT2D eigenvalue weighted by atomic mass is 32.2. The van der Waals surface area contributed by atoms with E-state index < -0.39 is 10.1 Å². The molecule has 0 aromatic heterocycles. The molecule has 0 N–H and O–H groups in total. The highest BCUT2D eigenvalue weighted by Crippen LogP contribution is 2.29. The molecule has 1 aliphatic heterocycles. The van der Waals surface area contributed by atoms with Crippen molar-refractivity contribution in [2.24, 2.45) is 0 Å². The van der Waals surface area contributed by atoms with Gasteiger partial charge in [-0.1, -0.05) is 6.07 Å². The summed E-state index contributed by atoms with van der Waals surface area (Å²) in [5.41, 5.74) is 3.15. The largest absolute Gasteiger partial charge is 0.382 e. The molecule has 0 atom stereocenters. The molecule has 4 heteroatoms. The summed E-state index contributed by atoms with van der Waals surface area (Å²) in [6.45, 7) is 3.91. The van der Waals surface area contributed by atoms with Crippen LogP contribution in [0.4, 0.5) is 0 Å². The molecule has 0 spiro atoms. The molecule has 1 aromatic carbocycles. The lowest BCUT2D eigenvalue weighted by molar-refractivity contribution is 0.472. The monoisotopic (exact) mass is 212 g/mol. The van der Waals surface area contributed by atoms with Crippen molar-refractivity contribution in [2.45, 2.75) is 20.3 Å². The molecule has 0 saturated carbocycles. The van der Waals surface area contributed by atoms with Crippen molar-refractivity contribution in [2.75, 3.05) is 5.75 Å². The van der Waals surface area contributed by atoms with Crippen molar-refractivity contribution in [3.05, 3.63) is 28.8 Å². The minimum Gasteiger partial charge on any atom is -0.382 e. The minimum absolute atomic E-state index is 0.0872. The Bertz CT molecular complexity index is 474. The second kappa shape index (κ2) is 2.98. The van der Waals surface area contributed by atoms with Gasteiger partial charge in [-0.15, -0.1) is 0 Å². The lowest BCUT2D eigenvalue weighted by Crippen LogP contribution is -2.22. The molecule has 0 amide bonds. The fourth-order valence-electron chi connectivity index (χ4n) is 1.76. The third kappa shape index (κ3) is 1.62. The zero-order valence-electron chi connectivity index (χ0n) is 8.20. The van der Waals surface area contributed by atoms with Gasteiger partial charge in [0.2, 0.25) is 0 Å². The van der Waals surface area contributed by atoms with Gasteiger partial charge >= 0.3 is 10.1 Å².